The molecule has 1 aliphatic carbocycles. The average molecular weight is 215 g/mol. The number of hydrogen-bond donors (Lipinski definition) is 1. The summed E-state index contributed by atoms with van der Waals surface area (Å²) in [5, 5.41) is 0. The largest absolute Gasteiger partial charge is 0.393 e. The summed E-state index contributed by atoms with van der Waals surface area (Å²) in [4.78, 5) is 0.603. The number of ether oxygens (including phenoxy) is 1. The van der Waals surface area contributed by atoms with Gasteiger partial charge in [-0.3, -0.25) is 0 Å². The molecule has 14 heavy (non-hydrogen) atoms. The number of hydrogen-bond acceptors (Lipinski definition) is 2. The zero-order chi connectivity index (χ0) is 10.4. The van der Waals surface area contributed by atoms with Gasteiger partial charge in [0.25, 0.3) is 0 Å². The minimum atomic E-state index is 0.498. The summed E-state index contributed by atoms with van der Waals surface area (Å²) in [6.07, 6.45) is 7.39. The van der Waals surface area contributed by atoms with Crippen LogP contribution in [0.2, 0.25) is 0 Å². The molecule has 0 aliphatic heterocycles. The first-order valence-corrected chi connectivity index (χ1v) is 5.99. The second kappa shape index (κ2) is 6.36. The van der Waals surface area contributed by atoms with Gasteiger partial charge in [-0.25, -0.2) is 0 Å². The van der Waals surface area contributed by atoms with Gasteiger partial charge in [-0.2, -0.15) is 0 Å². The molecule has 1 rings (SSSR count). The summed E-state index contributed by atoms with van der Waals surface area (Å²) >= 11 is 4.80. The van der Waals surface area contributed by atoms with Crippen LogP contribution in [0.5, 0.6) is 0 Å². The van der Waals surface area contributed by atoms with Crippen LogP contribution in [0.15, 0.2) is 0 Å². The van der Waals surface area contributed by atoms with E-state index in [4.69, 9.17) is 22.7 Å². The van der Waals surface area contributed by atoms with E-state index >= 15 is 0 Å². The first-order valence-electron chi connectivity index (χ1n) is 5.58. The predicted molar refractivity (Wildman–Crippen MR) is 63.4 cm³/mol. The maximum atomic E-state index is 5.77. The molecule has 2 nitrogen and oxygen atoms in total. The molecule has 0 spiro atoms. The van der Waals surface area contributed by atoms with E-state index in [1.165, 1.54) is 25.7 Å². The number of thiocarbonyl (C=S) groups is 1. The van der Waals surface area contributed by atoms with Crippen molar-refractivity contribution in [1.82, 2.24) is 0 Å². The van der Waals surface area contributed by atoms with Crippen molar-refractivity contribution in [3.05, 3.63) is 0 Å². The molecule has 0 heterocycles. The lowest BCUT2D eigenvalue weighted by Crippen LogP contribution is -2.21. The zero-order valence-corrected chi connectivity index (χ0v) is 9.81. The Balaban J connectivity index is 1.99. The molecule has 0 aromatic heterocycles. The van der Waals surface area contributed by atoms with Crippen LogP contribution >= 0.6 is 12.2 Å². The van der Waals surface area contributed by atoms with Crippen molar-refractivity contribution >= 4 is 17.2 Å². The van der Waals surface area contributed by atoms with E-state index in [2.05, 4.69) is 6.92 Å². The minimum Gasteiger partial charge on any atom is -0.393 e. The molecule has 0 bridgehead atoms. The van der Waals surface area contributed by atoms with Gasteiger partial charge >= 0.3 is 0 Å². The molecule has 0 unspecified atom stereocenters. The van der Waals surface area contributed by atoms with Crippen molar-refractivity contribution in [3.63, 3.8) is 0 Å². The maximum Gasteiger partial charge on any atom is 0.0728 e. The topological polar surface area (TPSA) is 35.2 Å². The Morgan fingerprint density at radius 2 is 2.00 bits per heavy atom. The highest BCUT2D eigenvalue weighted by molar-refractivity contribution is 7.80. The fourth-order valence-electron chi connectivity index (χ4n) is 1.89. The predicted octanol–water partition coefficient (Wildman–Crippen LogP) is 2.65. The van der Waals surface area contributed by atoms with Crippen LogP contribution in [0, 0.1) is 5.92 Å². The van der Waals surface area contributed by atoms with Crippen molar-refractivity contribution in [2.24, 2.45) is 11.7 Å². The van der Waals surface area contributed by atoms with E-state index in [1.54, 1.807) is 0 Å². The van der Waals surface area contributed by atoms with Gasteiger partial charge in [0.1, 0.15) is 0 Å². The maximum absolute atomic E-state index is 5.77. The monoisotopic (exact) mass is 215 g/mol. The molecule has 1 aliphatic rings. The third-order valence-corrected chi connectivity index (χ3v) is 3.09. The second-order valence-electron chi connectivity index (χ2n) is 4.32. The molecule has 0 saturated heterocycles. The highest BCUT2D eigenvalue weighted by atomic mass is 32.1. The van der Waals surface area contributed by atoms with Crippen molar-refractivity contribution in [3.8, 4) is 0 Å². The first-order chi connectivity index (χ1) is 6.68. The molecule has 0 atom stereocenters. The Labute approximate surface area is 92.2 Å². The van der Waals surface area contributed by atoms with Gasteiger partial charge in [0.2, 0.25) is 0 Å². The molecule has 0 amide bonds. The van der Waals surface area contributed by atoms with Crippen LogP contribution in [-0.2, 0) is 4.74 Å². The van der Waals surface area contributed by atoms with Crippen molar-refractivity contribution in [1.29, 1.82) is 0 Å². The summed E-state index contributed by atoms with van der Waals surface area (Å²) in [7, 11) is 0. The quantitative estimate of drug-likeness (QED) is 0.565. The average Bonchev–Trinajstić information content (AvgIpc) is 2.15. The van der Waals surface area contributed by atoms with Crippen LogP contribution in [0.25, 0.3) is 0 Å². The Morgan fingerprint density at radius 3 is 2.57 bits per heavy atom. The fraction of sp³-hybridized carbons (Fsp3) is 0.909. The van der Waals surface area contributed by atoms with Crippen LogP contribution in [0.4, 0.5) is 0 Å². The van der Waals surface area contributed by atoms with E-state index in [0.29, 0.717) is 11.1 Å². The van der Waals surface area contributed by atoms with Gasteiger partial charge in [0, 0.05) is 6.61 Å². The van der Waals surface area contributed by atoms with Crippen LogP contribution in [0.3, 0.4) is 0 Å². The number of rotatable bonds is 5. The lowest BCUT2D eigenvalue weighted by Gasteiger charge is -2.26. The lowest BCUT2D eigenvalue weighted by atomic mass is 9.89. The summed E-state index contributed by atoms with van der Waals surface area (Å²) in [5.74, 6) is 0.895. The standard InChI is InChI=1S/C11H21NOS/c1-9-4-6-10(7-5-9)13-8-2-3-11(12)14/h9-10H,2-8H2,1H3,(H2,12,14). The fourth-order valence-corrected chi connectivity index (χ4v) is 2.04. The zero-order valence-electron chi connectivity index (χ0n) is 9.00. The Hall–Kier alpha value is -0.150. The Bertz CT molecular complexity index is 176. The summed E-state index contributed by atoms with van der Waals surface area (Å²) in [6, 6.07) is 0. The Kier molecular flexibility index (Phi) is 5.41. The highest BCUT2D eigenvalue weighted by Crippen LogP contribution is 2.25. The van der Waals surface area contributed by atoms with Crippen molar-refractivity contribution in [2.75, 3.05) is 6.61 Å². The molecule has 1 fully saturated rings. The number of nitrogens with two attached hydrogens (primary N) is 1. The van der Waals surface area contributed by atoms with Gasteiger partial charge in [0.05, 0.1) is 11.1 Å². The lowest BCUT2D eigenvalue weighted by molar-refractivity contribution is 0.0193. The van der Waals surface area contributed by atoms with Crippen molar-refractivity contribution < 1.29 is 4.74 Å². The smallest absolute Gasteiger partial charge is 0.0728 e. The molecule has 0 radical (unpaired) electrons. The molecular formula is C11H21NOS. The first kappa shape index (κ1) is 11.9. The molecule has 2 N–H and O–H groups in total. The highest BCUT2D eigenvalue weighted by Gasteiger charge is 2.17. The molecule has 82 valence electrons. The molecule has 3 heteroatoms. The molecule has 0 aromatic rings. The van der Waals surface area contributed by atoms with E-state index < -0.39 is 0 Å². The van der Waals surface area contributed by atoms with Crippen LogP contribution in [0.1, 0.15) is 45.4 Å². The van der Waals surface area contributed by atoms with Gasteiger partial charge in [-0.15, -0.1) is 0 Å². The van der Waals surface area contributed by atoms with E-state index in [-0.39, 0.29) is 0 Å². The van der Waals surface area contributed by atoms with E-state index in [0.717, 1.165) is 25.4 Å². The van der Waals surface area contributed by atoms with E-state index in [1.807, 2.05) is 0 Å². The van der Waals surface area contributed by atoms with E-state index in [9.17, 15) is 0 Å². The Morgan fingerprint density at radius 1 is 1.36 bits per heavy atom. The summed E-state index contributed by atoms with van der Waals surface area (Å²) in [5.41, 5.74) is 5.41. The van der Waals surface area contributed by atoms with Crippen molar-refractivity contribution in [2.45, 2.75) is 51.6 Å². The van der Waals surface area contributed by atoms with Gasteiger partial charge in [-0.05, 0) is 44.4 Å². The molecule has 1 saturated carbocycles. The third kappa shape index (κ3) is 4.91. The summed E-state index contributed by atoms with van der Waals surface area (Å²) in [6.45, 7) is 3.14. The third-order valence-electron chi connectivity index (χ3n) is 2.88. The molecule has 0 aromatic carbocycles. The van der Waals surface area contributed by atoms with Crippen LogP contribution < -0.4 is 5.73 Å². The van der Waals surface area contributed by atoms with Crippen LogP contribution in [-0.4, -0.2) is 17.7 Å². The SMILES string of the molecule is CC1CCC(OCCCC(N)=S)CC1. The van der Waals surface area contributed by atoms with Gasteiger partial charge in [0.15, 0.2) is 0 Å². The minimum absolute atomic E-state index is 0.498. The van der Waals surface area contributed by atoms with Gasteiger partial charge < -0.3 is 10.5 Å². The summed E-state index contributed by atoms with van der Waals surface area (Å²) < 4.78 is 5.77. The molecular weight excluding hydrogens is 194 g/mol. The van der Waals surface area contributed by atoms with Gasteiger partial charge in [-0.1, -0.05) is 19.1 Å². The second-order valence-corrected chi connectivity index (χ2v) is 4.85. The normalized spacial score (nSPS) is 27.5.